The molecule has 0 heterocycles. The Balaban J connectivity index is 2.07. The molecule has 0 bridgehead atoms. The SMILES string of the molecule is C=CCOc1ccc(C=CC(=O)c2cccc([N+](=O)[O-])c2)cc1. The summed E-state index contributed by atoms with van der Waals surface area (Å²) in [7, 11) is 0. The number of nitro benzene ring substituents is 1. The van der Waals surface area contributed by atoms with Crippen LogP contribution in [0.4, 0.5) is 5.69 Å². The highest BCUT2D eigenvalue weighted by atomic mass is 16.6. The minimum absolute atomic E-state index is 0.104. The van der Waals surface area contributed by atoms with Crippen LogP contribution < -0.4 is 4.74 Å². The Bertz CT molecular complexity index is 748. The highest BCUT2D eigenvalue weighted by molar-refractivity contribution is 6.07. The smallest absolute Gasteiger partial charge is 0.270 e. The summed E-state index contributed by atoms with van der Waals surface area (Å²) in [6.45, 7) is 4.00. The number of carbonyl (C=O) groups is 1. The maximum Gasteiger partial charge on any atom is 0.270 e. The molecular weight excluding hydrogens is 294 g/mol. The molecule has 0 aliphatic carbocycles. The second-order valence-electron chi connectivity index (χ2n) is 4.67. The van der Waals surface area contributed by atoms with Crippen LogP contribution in [0.1, 0.15) is 15.9 Å². The van der Waals surface area contributed by atoms with Crippen LogP contribution in [0.2, 0.25) is 0 Å². The van der Waals surface area contributed by atoms with E-state index in [1.165, 1.54) is 24.3 Å². The van der Waals surface area contributed by atoms with E-state index in [0.29, 0.717) is 12.4 Å². The van der Waals surface area contributed by atoms with E-state index >= 15 is 0 Å². The molecule has 0 spiro atoms. The number of carbonyl (C=O) groups excluding carboxylic acids is 1. The number of allylic oxidation sites excluding steroid dienone is 1. The fourth-order valence-electron chi connectivity index (χ4n) is 1.87. The molecule has 0 atom stereocenters. The van der Waals surface area contributed by atoms with Gasteiger partial charge in [0.05, 0.1) is 4.92 Å². The Labute approximate surface area is 133 Å². The molecule has 0 aliphatic heterocycles. The minimum atomic E-state index is -0.525. The quantitative estimate of drug-likeness (QED) is 0.254. The average molecular weight is 309 g/mol. The van der Waals surface area contributed by atoms with E-state index in [0.717, 1.165) is 5.56 Å². The van der Waals surface area contributed by atoms with Gasteiger partial charge in [0.15, 0.2) is 5.78 Å². The molecule has 0 N–H and O–H groups in total. The van der Waals surface area contributed by atoms with Gasteiger partial charge >= 0.3 is 0 Å². The fourth-order valence-corrected chi connectivity index (χ4v) is 1.87. The van der Waals surface area contributed by atoms with Crippen molar-refractivity contribution in [2.45, 2.75) is 0 Å². The second-order valence-corrected chi connectivity index (χ2v) is 4.67. The summed E-state index contributed by atoms with van der Waals surface area (Å²) in [5.74, 6) is 0.424. The average Bonchev–Trinajstić information content (AvgIpc) is 2.58. The van der Waals surface area contributed by atoms with Crippen LogP contribution in [0, 0.1) is 10.1 Å². The van der Waals surface area contributed by atoms with Crippen LogP contribution in [-0.4, -0.2) is 17.3 Å². The van der Waals surface area contributed by atoms with Crippen molar-refractivity contribution in [1.82, 2.24) is 0 Å². The first-order valence-electron chi connectivity index (χ1n) is 6.91. The lowest BCUT2D eigenvalue weighted by Crippen LogP contribution is -1.96. The highest BCUT2D eigenvalue weighted by Crippen LogP contribution is 2.16. The van der Waals surface area contributed by atoms with E-state index in [4.69, 9.17) is 4.74 Å². The van der Waals surface area contributed by atoms with E-state index in [-0.39, 0.29) is 17.0 Å². The first-order chi connectivity index (χ1) is 11.1. The standard InChI is InChI=1S/C18H15NO4/c1-2-12-23-17-9-6-14(7-10-17)8-11-18(20)15-4-3-5-16(13-15)19(21)22/h2-11,13H,1,12H2. The first-order valence-corrected chi connectivity index (χ1v) is 6.91. The number of ketones is 1. The van der Waals surface area contributed by atoms with Crippen molar-refractivity contribution in [2.75, 3.05) is 6.61 Å². The van der Waals surface area contributed by atoms with E-state index in [2.05, 4.69) is 6.58 Å². The number of hydrogen-bond acceptors (Lipinski definition) is 4. The molecule has 2 rings (SSSR count). The van der Waals surface area contributed by atoms with Crippen molar-refractivity contribution >= 4 is 17.5 Å². The third-order valence-corrected chi connectivity index (χ3v) is 3.02. The molecule has 2 aromatic carbocycles. The maximum absolute atomic E-state index is 12.1. The largest absolute Gasteiger partial charge is 0.490 e. The van der Waals surface area contributed by atoms with Gasteiger partial charge in [-0.15, -0.1) is 0 Å². The Kier molecular flexibility index (Phi) is 5.41. The molecule has 23 heavy (non-hydrogen) atoms. The van der Waals surface area contributed by atoms with Gasteiger partial charge in [-0.05, 0) is 23.8 Å². The van der Waals surface area contributed by atoms with Crippen molar-refractivity contribution in [3.8, 4) is 5.75 Å². The van der Waals surface area contributed by atoms with Gasteiger partial charge in [-0.2, -0.15) is 0 Å². The zero-order valence-corrected chi connectivity index (χ0v) is 12.3. The zero-order chi connectivity index (χ0) is 16.7. The van der Waals surface area contributed by atoms with E-state index in [9.17, 15) is 14.9 Å². The third-order valence-electron chi connectivity index (χ3n) is 3.02. The van der Waals surface area contributed by atoms with Crippen molar-refractivity contribution in [3.05, 3.63) is 88.5 Å². The molecule has 0 unspecified atom stereocenters. The molecule has 2 aromatic rings. The summed E-state index contributed by atoms with van der Waals surface area (Å²) in [6.07, 6.45) is 4.70. The summed E-state index contributed by atoms with van der Waals surface area (Å²) < 4.78 is 5.37. The lowest BCUT2D eigenvalue weighted by molar-refractivity contribution is -0.384. The zero-order valence-electron chi connectivity index (χ0n) is 12.3. The number of nitrogens with zero attached hydrogens (tertiary/aromatic N) is 1. The molecular formula is C18H15NO4. The van der Waals surface area contributed by atoms with Crippen molar-refractivity contribution < 1.29 is 14.5 Å². The van der Waals surface area contributed by atoms with Gasteiger partial charge in [-0.1, -0.05) is 43.0 Å². The van der Waals surface area contributed by atoms with Gasteiger partial charge in [0.1, 0.15) is 12.4 Å². The summed E-state index contributed by atoms with van der Waals surface area (Å²) in [5, 5.41) is 10.7. The van der Waals surface area contributed by atoms with E-state index in [1.807, 2.05) is 12.1 Å². The minimum Gasteiger partial charge on any atom is -0.490 e. The number of rotatable bonds is 7. The molecule has 0 fully saturated rings. The van der Waals surface area contributed by atoms with Crippen LogP contribution in [0.25, 0.3) is 6.08 Å². The molecule has 0 aromatic heterocycles. The normalized spacial score (nSPS) is 10.4. The first kappa shape index (κ1) is 16.2. The lowest BCUT2D eigenvalue weighted by atomic mass is 10.1. The van der Waals surface area contributed by atoms with Crippen LogP contribution in [0.3, 0.4) is 0 Å². The van der Waals surface area contributed by atoms with E-state index in [1.54, 1.807) is 30.4 Å². The predicted octanol–water partition coefficient (Wildman–Crippen LogP) is 4.06. The summed E-state index contributed by atoms with van der Waals surface area (Å²) in [6, 6.07) is 12.9. The molecule has 5 nitrogen and oxygen atoms in total. The highest BCUT2D eigenvalue weighted by Gasteiger charge is 2.09. The van der Waals surface area contributed by atoms with Gasteiger partial charge in [0, 0.05) is 17.7 Å². The van der Waals surface area contributed by atoms with Gasteiger partial charge in [0.25, 0.3) is 5.69 Å². The van der Waals surface area contributed by atoms with Crippen LogP contribution in [0.5, 0.6) is 5.75 Å². The Hall–Kier alpha value is -3.21. The molecule has 0 amide bonds. The Morgan fingerprint density at radius 3 is 2.61 bits per heavy atom. The van der Waals surface area contributed by atoms with Crippen LogP contribution in [0.15, 0.2) is 67.3 Å². The van der Waals surface area contributed by atoms with Crippen LogP contribution in [-0.2, 0) is 0 Å². The van der Waals surface area contributed by atoms with Crippen molar-refractivity contribution in [1.29, 1.82) is 0 Å². The molecule has 0 radical (unpaired) electrons. The summed E-state index contributed by atoms with van der Waals surface area (Å²) in [4.78, 5) is 22.3. The molecule has 116 valence electrons. The molecule has 5 heteroatoms. The van der Waals surface area contributed by atoms with E-state index < -0.39 is 4.92 Å². The molecule has 0 aliphatic rings. The van der Waals surface area contributed by atoms with Crippen molar-refractivity contribution in [3.63, 3.8) is 0 Å². The van der Waals surface area contributed by atoms with Gasteiger partial charge < -0.3 is 4.74 Å². The number of non-ortho nitro benzene ring substituents is 1. The van der Waals surface area contributed by atoms with Gasteiger partial charge in [-0.3, -0.25) is 14.9 Å². The van der Waals surface area contributed by atoms with Gasteiger partial charge in [0.2, 0.25) is 0 Å². The number of benzene rings is 2. The predicted molar refractivity (Wildman–Crippen MR) is 88.6 cm³/mol. The lowest BCUT2D eigenvalue weighted by Gasteiger charge is -2.02. The van der Waals surface area contributed by atoms with Crippen molar-refractivity contribution in [2.24, 2.45) is 0 Å². The number of ether oxygens (including phenoxy) is 1. The van der Waals surface area contributed by atoms with Gasteiger partial charge in [-0.25, -0.2) is 0 Å². The fraction of sp³-hybridized carbons (Fsp3) is 0.0556. The second kappa shape index (κ2) is 7.70. The summed E-state index contributed by atoms with van der Waals surface area (Å²) in [5.41, 5.74) is 1.00. The molecule has 0 saturated carbocycles. The Morgan fingerprint density at radius 1 is 1.22 bits per heavy atom. The number of hydrogen-bond donors (Lipinski definition) is 0. The maximum atomic E-state index is 12.1. The third kappa shape index (κ3) is 4.64. The monoisotopic (exact) mass is 309 g/mol. The molecule has 0 saturated heterocycles. The topological polar surface area (TPSA) is 69.4 Å². The number of nitro groups is 1. The Morgan fingerprint density at radius 2 is 1.96 bits per heavy atom. The van der Waals surface area contributed by atoms with Crippen LogP contribution >= 0.6 is 0 Å². The summed E-state index contributed by atoms with van der Waals surface area (Å²) >= 11 is 0.